The minimum Gasteiger partial charge on any atom is -0.346 e. The molecule has 0 atom stereocenters. The van der Waals surface area contributed by atoms with E-state index in [2.05, 4.69) is 15.1 Å². The molecule has 3 N–H and O–H groups in total. The Bertz CT molecular complexity index is 1110. The highest BCUT2D eigenvalue weighted by Crippen LogP contribution is 2.34. The van der Waals surface area contributed by atoms with Gasteiger partial charge in [-0.15, -0.1) is 0 Å². The molecule has 0 aliphatic carbocycles. The predicted octanol–water partition coefficient (Wildman–Crippen LogP) is 4.29. The van der Waals surface area contributed by atoms with Crippen LogP contribution in [0.5, 0.6) is 0 Å². The van der Waals surface area contributed by atoms with Gasteiger partial charge in [-0.25, -0.2) is 9.37 Å². The molecule has 27 heavy (non-hydrogen) atoms. The molecule has 0 amide bonds. The van der Waals surface area contributed by atoms with E-state index < -0.39 is 0 Å². The van der Waals surface area contributed by atoms with Gasteiger partial charge in [0.05, 0.1) is 0 Å². The molecule has 0 radical (unpaired) electrons. The van der Waals surface area contributed by atoms with E-state index in [4.69, 9.17) is 17.3 Å². The van der Waals surface area contributed by atoms with Gasteiger partial charge in [-0.3, -0.25) is 4.68 Å². The molecule has 0 aliphatic heterocycles. The van der Waals surface area contributed by atoms with Crippen LogP contribution in [-0.4, -0.2) is 19.7 Å². The molecule has 0 spiro atoms. The summed E-state index contributed by atoms with van der Waals surface area (Å²) >= 11 is 6.60. The van der Waals surface area contributed by atoms with Crippen molar-refractivity contribution in [1.29, 1.82) is 0 Å². The number of nitrogens with zero attached hydrogens (tertiary/aromatic N) is 3. The highest BCUT2D eigenvalue weighted by Gasteiger charge is 2.21. The predicted molar refractivity (Wildman–Crippen MR) is 105 cm³/mol. The molecule has 0 bridgehead atoms. The van der Waals surface area contributed by atoms with Gasteiger partial charge in [-0.05, 0) is 42.3 Å². The first-order valence-electron chi connectivity index (χ1n) is 8.77. The molecule has 5 nitrogen and oxygen atoms in total. The van der Waals surface area contributed by atoms with Gasteiger partial charge >= 0.3 is 0 Å². The van der Waals surface area contributed by atoms with Crippen molar-refractivity contribution in [3.05, 3.63) is 70.4 Å². The monoisotopic (exact) mass is 383 g/mol. The van der Waals surface area contributed by atoms with Crippen LogP contribution in [0.2, 0.25) is 5.15 Å². The number of rotatable bonds is 5. The van der Waals surface area contributed by atoms with Crippen LogP contribution >= 0.6 is 11.6 Å². The molecule has 3 heterocycles. The molecule has 0 fully saturated rings. The molecule has 0 saturated carbocycles. The molecule has 4 rings (SSSR count). The van der Waals surface area contributed by atoms with E-state index >= 15 is 0 Å². The molecule has 3 aromatic heterocycles. The number of hydrogen-bond acceptors (Lipinski definition) is 3. The summed E-state index contributed by atoms with van der Waals surface area (Å²) in [6.07, 6.45) is 4.17. The van der Waals surface area contributed by atoms with Gasteiger partial charge in [0.15, 0.2) is 0 Å². The molecular weight excluding hydrogens is 365 g/mol. The third-order valence-corrected chi connectivity index (χ3v) is 5.13. The number of aromatic amines is 1. The summed E-state index contributed by atoms with van der Waals surface area (Å²) in [6, 6.07) is 8.75. The quantitative estimate of drug-likeness (QED) is 0.540. The van der Waals surface area contributed by atoms with E-state index in [1.807, 2.05) is 25.3 Å². The number of nitrogens with two attached hydrogens (primary N) is 1. The van der Waals surface area contributed by atoms with Gasteiger partial charge < -0.3 is 10.7 Å². The Morgan fingerprint density at radius 2 is 2.15 bits per heavy atom. The number of aromatic nitrogens is 4. The average Bonchev–Trinajstić information content (AvgIpc) is 3.24. The number of H-pyrrole nitrogens is 1. The molecule has 138 valence electrons. The zero-order valence-corrected chi connectivity index (χ0v) is 15.6. The van der Waals surface area contributed by atoms with Gasteiger partial charge in [-0.2, -0.15) is 5.10 Å². The van der Waals surface area contributed by atoms with Crippen LogP contribution in [0.3, 0.4) is 0 Å². The Labute approximate surface area is 161 Å². The number of benzene rings is 1. The van der Waals surface area contributed by atoms with E-state index in [9.17, 15) is 4.39 Å². The number of halogens is 2. The van der Waals surface area contributed by atoms with Crippen molar-refractivity contribution in [2.24, 2.45) is 5.73 Å². The van der Waals surface area contributed by atoms with Crippen molar-refractivity contribution >= 4 is 22.6 Å². The highest BCUT2D eigenvalue weighted by atomic mass is 35.5. The fourth-order valence-electron chi connectivity index (χ4n) is 3.29. The molecule has 4 aromatic rings. The maximum atomic E-state index is 14.6. The summed E-state index contributed by atoms with van der Waals surface area (Å²) in [5.74, 6) is -0.341. The summed E-state index contributed by atoms with van der Waals surface area (Å²) < 4.78 is 16.3. The number of fused-ring (bicyclic) bond motifs is 1. The van der Waals surface area contributed by atoms with Crippen molar-refractivity contribution in [3.63, 3.8) is 0 Å². The molecule has 0 saturated heterocycles. The zero-order valence-electron chi connectivity index (χ0n) is 14.8. The Kier molecular flexibility index (Phi) is 4.68. The second-order valence-corrected chi connectivity index (χ2v) is 6.70. The van der Waals surface area contributed by atoms with Gasteiger partial charge in [0, 0.05) is 48.4 Å². The number of aryl methyl sites for hydroxylation is 1. The maximum absolute atomic E-state index is 14.6. The van der Waals surface area contributed by atoms with E-state index in [1.54, 1.807) is 23.0 Å². The van der Waals surface area contributed by atoms with Crippen molar-refractivity contribution in [3.8, 4) is 11.3 Å². The molecule has 7 heteroatoms. The number of pyridine rings is 1. The fraction of sp³-hybridized carbons (Fsp3) is 0.200. The summed E-state index contributed by atoms with van der Waals surface area (Å²) in [7, 11) is 0. The summed E-state index contributed by atoms with van der Waals surface area (Å²) in [4.78, 5) is 7.49. The second-order valence-electron chi connectivity index (χ2n) is 6.34. The van der Waals surface area contributed by atoms with E-state index in [-0.39, 0.29) is 5.82 Å². The summed E-state index contributed by atoms with van der Waals surface area (Å²) in [5, 5.41) is 6.10. The van der Waals surface area contributed by atoms with Gasteiger partial charge in [-0.1, -0.05) is 17.7 Å². The zero-order chi connectivity index (χ0) is 19.0. The standard InChI is InChI=1S/C20H19ClFN5/c1-2-27-19(21)16(9-13-11-25-20-14(13)4-3-7-24-20)18(26-27)15-8-12(10-23)5-6-17(15)22/h3-8,11H,2,9-10,23H2,1H3,(H,24,25). The largest absolute Gasteiger partial charge is 0.346 e. The lowest BCUT2D eigenvalue weighted by Crippen LogP contribution is -1.99. The normalized spacial score (nSPS) is 11.4. The summed E-state index contributed by atoms with van der Waals surface area (Å²) in [5.41, 5.74) is 10.2. The molecule has 1 aromatic carbocycles. The summed E-state index contributed by atoms with van der Waals surface area (Å²) in [6.45, 7) is 2.88. The Hall–Kier alpha value is -2.70. The topological polar surface area (TPSA) is 72.5 Å². The Morgan fingerprint density at radius 1 is 1.30 bits per heavy atom. The van der Waals surface area contributed by atoms with Gasteiger partial charge in [0.2, 0.25) is 0 Å². The third-order valence-electron chi connectivity index (χ3n) is 4.71. The maximum Gasteiger partial charge on any atom is 0.137 e. The Balaban J connectivity index is 1.87. The lowest BCUT2D eigenvalue weighted by molar-refractivity contribution is 0.626. The van der Waals surface area contributed by atoms with E-state index in [0.29, 0.717) is 35.9 Å². The average molecular weight is 384 g/mol. The first kappa shape index (κ1) is 17.7. The van der Waals surface area contributed by atoms with Gasteiger partial charge in [0.25, 0.3) is 0 Å². The fourth-order valence-corrected chi connectivity index (χ4v) is 3.60. The van der Waals surface area contributed by atoms with Crippen LogP contribution in [0.15, 0.2) is 42.7 Å². The van der Waals surface area contributed by atoms with Crippen LogP contribution in [0.25, 0.3) is 22.3 Å². The molecule has 0 unspecified atom stereocenters. The molecular formula is C20H19ClFN5. The van der Waals surface area contributed by atoms with E-state index in [1.165, 1.54) is 6.07 Å². The van der Waals surface area contributed by atoms with Crippen LogP contribution in [0.1, 0.15) is 23.6 Å². The minimum absolute atomic E-state index is 0.332. The Morgan fingerprint density at radius 3 is 2.93 bits per heavy atom. The third kappa shape index (κ3) is 3.11. The van der Waals surface area contributed by atoms with Crippen LogP contribution in [-0.2, 0) is 19.5 Å². The van der Waals surface area contributed by atoms with Gasteiger partial charge in [0.1, 0.15) is 22.3 Å². The van der Waals surface area contributed by atoms with Crippen LogP contribution < -0.4 is 5.73 Å². The lowest BCUT2D eigenvalue weighted by Gasteiger charge is -2.06. The number of hydrogen-bond donors (Lipinski definition) is 2. The molecule has 0 aliphatic rings. The van der Waals surface area contributed by atoms with Crippen molar-refractivity contribution in [1.82, 2.24) is 19.7 Å². The second kappa shape index (κ2) is 7.13. The van der Waals surface area contributed by atoms with Crippen LogP contribution in [0.4, 0.5) is 4.39 Å². The number of nitrogens with one attached hydrogen (secondary N) is 1. The van der Waals surface area contributed by atoms with E-state index in [0.717, 1.165) is 27.7 Å². The smallest absolute Gasteiger partial charge is 0.137 e. The minimum atomic E-state index is -0.341. The van der Waals surface area contributed by atoms with Crippen molar-refractivity contribution < 1.29 is 4.39 Å². The first-order valence-corrected chi connectivity index (χ1v) is 9.15. The van der Waals surface area contributed by atoms with Crippen molar-refractivity contribution in [2.45, 2.75) is 26.4 Å². The first-order chi connectivity index (χ1) is 13.1. The van der Waals surface area contributed by atoms with Crippen molar-refractivity contribution in [2.75, 3.05) is 0 Å². The SMILES string of the molecule is CCn1nc(-c2cc(CN)ccc2F)c(Cc2c[nH]c3ncccc23)c1Cl. The highest BCUT2D eigenvalue weighted by molar-refractivity contribution is 6.30. The lowest BCUT2D eigenvalue weighted by atomic mass is 10.00. The van der Waals surface area contributed by atoms with Crippen LogP contribution in [0, 0.1) is 5.82 Å².